The summed E-state index contributed by atoms with van der Waals surface area (Å²) in [5.74, 6) is -1.04. The van der Waals surface area contributed by atoms with E-state index in [1.54, 1.807) is 13.0 Å². The maximum atomic E-state index is 12.4. The lowest BCUT2D eigenvalue weighted by Gasteiger charge is -2.19. The van der Waals surface area contributed by atoms with E-state index in [0.29, 0.717) is 4.91 Å². The van der Waals surface area contributed by atoms with Crippen LogP contribution in [0.15, 0.2) is 29.2 Å². The van der Waals surface area contributed by atoms with E-state index in [0.717, 1.165) is 27.8 Å². The molecule has 1 atom stereocenters. The first kappa shape index (κ1) is 16.3. The van der Waals surface area contributed by atoms with Gasteiger partial charge in [-0.2, -0.15) is 0 Å². The number of hydrogen-bond donors (Lipinski definition) is 0. The smallest absolute Gasteiger partial charge is 0.329 e. The predicted octanol–water partition coefficient (Wildman–Crippen LogP) is 2.98. The SMILES string of the molecule is CCOC(=O)C(C)N1C(=O)SC(=Cc2ccccc2C)C1=O. The number of hydrogen-bond acceptors (Lipinski definition) is 5. The Kier molecular flexibility index (Phi) is 5.03. The normalized spacial score (nSPS) is 18.0. The fourth-order valence-corrected chi connectivity index (χ4v) is 2.97. The van der Waals surface area contributed by atoms with Gasteiger partial charge in [-0.3, -0.25) is 14.5 Å². The van der Waals surface area contributed by atoms with Gasteiger partial charge in [0.1, 0.15) is 6.04 Å². The second-order valence-corrected chi connectivity index (χ2v) is 5.83. The zero-order valence-corrected chi connectivity index (χ0v) is 13.5. The van der Waals surface area contributed by atoms with Gasteiger partial charge in [0.05, 0.1) is 11.5 Å². The summed E-state index contributed by atoms with van der Waals surface area (Å²) in [6.45, 7) is 5.30. The second-order valence-electron chi connectivity index (χ2n) is 4.84. The van der Waals surface area contributed by atoms with Crippen LogP contribution in [0, 0.1) is 6.92 Å². The van der Waals surface area contributed by atoms with Gasteiger partial charge in [0.15, 0.2) is 0 Å². The molecule has 1 unspecified atom stereocenters. The van der Waals surface area contributed by atoms with E-state index in [1.807, 2.05) is 31.2 Å². The van der Waals surface area contributed by atoms with Gasteiger partial charge in [-0.25, -0.2) is 4.79 Å². The van der Waals surface area contributed by atoms with Crippen molar-refractivity contribution in [1.29, 1.82) is 0 Å². The van der Waals surface area contributed by atoms with Crippen LogP contribution in [0.2, 0.25) is 0 Å². The third kappa shape index (κ3) is 3.22. The van der Waals surface area contributed by atoms with E-state index in [-0.39, 0.29) is 6.61 Å². The van der Waals surface area contributed by atoms with Crippen molar-refractivity contribution in [2.45, 2.75) is 26.8 Å². The molecule has 2 amide bonds. The van der Waals surface area contributed by atoms with Gasteiger partial charge in [-0.1, -0.05) is 24.3 Å². The molecule has 0 saturated carbocycles. The van der Waals surface area contributed by atoms with E-state index in [2.05, 4.69) is 0 Å². The lowest BCUT2D eigenvalue weighted by atomic mass is 10.1. The number of thioether (sulfide) groups is 1. The number of esters is 1. The van der Waals surface area contributed by atoms with Gasteiger partial charge in [0.25, 0.3) is 11.1 Å². The number of nitrogens with zero attached hydrogens (tertiary/aromatic N) is 1. The number of benzene rings is 1. The molecule has 1 aliphatic rings. The van der Waals surface area contributed by atoms with Crippen LogP contribution in [-0.4, -0.2) is 34.7 Å². The number of carbonyl (C=O) groups is 3. The first-order valence-electron chi connectivity index (χ1n) is 6.95. The molecule has 1 aromatic carbocycles. The van der Waals surface area contributed by atoms with Crippen LogP contribution >= 0.6 is 11.8 Å². The highest BCUT2D eigenvalue weighted by molar-refractivity contribution is 8.18. The standard InChI is InChI=1S/C16H17NO4S/c1-4-21-15(19)11(3)17-14(18)13(22-16(17)20)9-12-8-6-5-7-10(12)2/h5-9,11H,4H2,1-3H3. The van der Waals surface area contributed by atoms with Crippen LogP contribution in [0.3, 0.4) is 0 Å². The first-order valence-corrected chi connectivity index (χ1v) is 7.76. The Morgan fingerprint density at radius 3 is 2.68 bits per heavy atom. The van der Waals surface area contributed by atoms with E-state index in [4.69, 9.17) is 4.74 Å². The molecule has 5 nitrogen and oxygen atoms in total. The monoisotopic (exact) mass is 319 g/mol. The highest BCUT2D eigenvalue weighted by Crippen LogP contribution is 2.34. The number of aryl methyl sites for hydroxylation is 1. The summed E-state index contributed by atoms with van der Waals surface area (Å²) in [4.78, 5) is 37.4. The van der Waals surface area contributed by atoms with Crippen LogP contribution in [-0.2, 0) is 14.3 Å². The summed E-state index contributed by atoms with van der Waals surface area (Å²) in [5, 5.41) is -0.453. The summed E-state index contributed by atoms with van der Waals surface area (Å²) < 4.78 is 4.87. The molecule has 0 aliphatic carbocycles. The molecule has 1 saturated heterocycles. The molecule has 2 rings (SSSR count). The zero-order chi connectivity index (χ0) is 16.3. The maximum absolute atomic E-state index is 12.4. The Morgan fingerprint density at radius 2 is 2.05 bits per heavy atom. The van der Waals surface area contributed by atoms with E-state index >= 15 is 0 Å². The predicted molar refractivity (Wildman–Crippen MR) is 85.1 cm³/mol. The van der Waals surface area contributed by atoms with Crippen molar-refractivity contribution in [2.24, 2.45) is 0 Å². The van der Waals surface area contributed by atoms with Gasteiger partial charge in [0, 0.05) is 0 Å². The Hall–Kier alpha value is -2.08. The molecule has 0 aromatic heterocycles. The molecule has 1 fully saturated rings. The lowest BCUT2D eigenvalue weighted by molar-refractivity contribution is -0.150. The first-order chi connectivity index (χ1) is 10.5. The fourth-order valence-electron chi connectivity index (χ4n) is 2.07. The molecular weight excluding hydrogens is 302 g/mol. The highest BCUT2D eigenvalue weighted by Gasteiger charge is 2.41. The van der Waals surface area contributed by atoms with Crippen molar-refractivity contribution in [1.82, 2.24) is 4.90 Å². The molecule has 22 heavy (non-hydrogen) atoms. The molecule has 1 heterocycles. The molecule has 0 spiro atoms. The van der Waals surface area contributed by atoms with Gasteiger partial charge < -0.3 is 4.74 Å². The van der Waals surface area contributed by atoms with Crippen LogP contribution in [0.25, 0.3) is 6.08 Å². The number of imide groups is 1. The highest BCUT2D eigenvalue weighted by atomic mass is 32.2. The number of amides is 2. The Morgan fingerprint density at radius 1 is 1.36 bits per heavy atom. The maximum Gasteiger partial charge on any atom is 0.329 e. The van der Waals surface area contributed by atoms with Gasteiger partial charge in [-0.15, -0.1) is 0 Å². The summed E-state index contributed by atoms with van der Waals surface area (Å²) in [6, 6.07) is 6.65. The Bertz CT molecular complexity index is 653. The van der Waals surface area contributed by atoms with Crippen LogP contribution in [0.4, 0.5) is 4.79 Å². The minimum Gasteiger partial charge on any atom is -0.464 e. The largest absolute Gasteiger partial charge is 0.464 e. The molecule has 1 aromatic rings. The third-order valence-corrected chi connectivity index (χ3v) is 4.20. The quantitative estimate of drug-likeness (QED) is 0.630. The van der Waals surface area contributed by atoms with Gasteiger partial charge >= 0.3 is 5.97 Å². The van der Waals surface area contributed by atoms with Crippen molar-refractivity contribution in [2.75, 3.05) is 6.61 Å². The fraction of sp³-hybridized carbons (Fsp3) is 0.312. The van der Waals surface area contributed by atoms with Crippen molar-refractivity contribution in [3.05, 3.63) is 40.3 Å². The lowest BCUT2D eigenvalue weighted by Crippen LogP contribution is -2.42. The summed E-state index contributed by atoms with van der Waals surface area (Å²) >= 11 is 0.840. The van der Waals surface area contributed by atoms with E-state index in [1.165, 1.54) is 6.92 Å². The zero-order valence-electron chi connectivity index (χ0n) is 12.7. The average Bonchev–Trinajstić information content (AvgIpc) is 2.75. The number of carbonyl (C=O) groups excluding carboxylic acids is 3. The van der Waals surface area contributed by atoms with Crippen molar-refractivity contribution in [3.8, 4) is 0 Å². The average molecular weight is 319 g/mol. The minimum atomic E-state index is -0.921. The summed E-state index contributed by atoms with van der Waals surface area (Å²) in [6.07, 6.45) is 1.68. The van der Waals surface area contributed by atoms with Crippen molar-refractivity contribution in [3.63, 3.8) is 0 Å². The molecule has 0 radical (unpaired) electrons. The van der Waals surface area contributed by atoms with Gasteiger partial charge in [0.2, 0.25) is 0 Å². The van der Waals surface area contributed by atoms with Crippen LogP contribution in [0.5, 0.6) is 0 Å². The van der Waals surface area contributed by atoms with Crippen molar-refractivity contribution >= 4 is 35.0 Å². The second kappa shape index (κ2) is 6.79. The third-order valence-electron chi connectivity index (χ3n) is 3.31. The van der Waals surface area contributed by atoms with E-state index in [9.17, 15) is 14.4 Å². The number of rotatable bonds is 4. The Balaban J connectivity index is 2.26. The molecule has 116 valence electrons. The molecule has 6 heteroatoms. The van der Waals surface area contributed by atoms with Gasteiger partial charge in [-0.05, 0) is 49.7 Å². The molecule has 0 bridgehead atoms. The molecule has 1 aliphatic heterocycles. The topological polar surface area (TPSA) is 63.7 Å². The summed E-state index contributed by atoms with van der Waals surface area (Å²) in [5.41, 5.74) is 1.88. The number of ether oxygens (including phenoxy) is 1. The van der Waals surface area contributed by atoms with E-state index < -0.39 is 23.2 Å². The Labute approximate surface area is 133 Å². The minimum absolute atomic E-state index is 0.207. The van der Waals surface area contributed by atoms with Crippen molar-refractivity contribution < 1.29 is 19.1 Å². The molecule has 0 N–H and O–H groups in total. The van der Waals surface area contributed by atoms with Crippen LogP contribution in [0.1, 0.15) is 25.0 Å². The summed E-state index contributed by atoms with van der Waals surface area (Å²) in [7, 11) is 0. The van der Waals surface area contributed by atoms with Crippen LogP contribution < -0.4 is 0 Å². The molecular formula is C16H17NO4S.